The van der Waals surface area contributed by atoms with Crippen molar-refractivity contribution in [1.82, 2.24) is 20.1 Å². The first-order chi connectivity index (χ1) is 19.2. The molecule has 3 atom stereocenters. The Bertz CT molecular complexity index is 1550. The number of fused-ring (bicyclic) bond motifs is 2. The van der Waals surface area contributed by atoms with E-state index in [2.05, 4.69) is 16.0 Å². The molecule has 2 aromatic carbocycles. The second kappa shape index (κ2) is 10.2. The lowest BCUT2D eigenvalue weighted by molar-refractivity contribution is -0.140. The summed E-state index contributed by atoms with van der Waals surface area (Å²) in [5.74, 6) is -1.02. The minimum atomic E-state index is -0.645. The van der Waals surface area contributed by atoms with Gasteiger partial charge in [-0.05, 0) is 62.8 Å². The number of piperidine rings is 1. The van der Waals surface area contributed by atoms with Gasteiger partial charge in [-0.15, -0.1) is 0 Å². The number of rotatable bonds is 8. The number of nitrogens with one attached hydrogen (secondary N) is 3. The maximum atomic E-state index is 14.3. The number of amides is 4. The monoisotopic (exact) mass is 565 g/mol. The molecular weight excluding hydrogens is 537 g/mol. The number of Topliss-reactive ketones (excluding diaryl/α,β-unsaturated/α-hetero) is 1. The third kappa shape index (κ3) is 5.15. The van der Waals surface area contributed by atoms with Crippen LogP contribution in [0, 0.1) is 11.7 Å². The van der Waals surface area contributed by atoms with E-state index in [4.69, 9.17) is 11.6 Å². The minimum Gasteiger partial charge on any atom is -0.350 e. The van der Waals surface area contributed by atoms with Crippen molar-refractivity contribution in [3.8, 4) is 0 Å². The summed E-state index contributed by atoms with van der Waals surface area (Å²) in [6.07, 6.45) is 5.00. The predicted molar refractivity (Wildman–Crippen MR) is 148 cm³/mol. The van der Waals surface area contributed by atoms with Crippen LogP contribution in [0.4, 0.5) is 14.9 Å². The van der Waals surface area contributed by atoms with Crippen molar-refractivity contribution in [3.63, 3.8) is 0 Å². The molecular formula is C29H29ClFN5O4. The lowest BCUT2D eigenvalue weighted by Gasteiger charge is -2.27. The van der Waals surface area contributed by atoms with E-state index >= 15 is 0 Å². The number of hydrogen-bond donors (Lipinski definition) is 3. The molecule has 0 radical (unpaired) electrons. The number of hydrogen-bond acceptors (Lipinski definition) is 4. The molecule has 3 fully saturated rings. The van der Waals surface area contributed by atoms with Crippen molar-refractivity contribution in [3.05, 3.63) is 64.6 Å². The van der Waals surface area contributed by atoms with Gasteiger partial charge in [-0.1, -0.05) is 23.7 Å². The molecule has 1 aromatic heterocycles. The second-order valence-electron chi connectivity index (χ2n) is 10.9. The van der Waals surface area contributed by atoms with Gasteiger partial charge in [0.1, 0.15) is 18.4 Å². The number of ketones is 1. The highest BCUT2D eigenvalue weighted by atomic mass is 35.5. The van der Waals surface area contributed by atoms with Gasteiger partial charge in [-0.3, -0.25) is 14.4 Å². The maximum absolute atomic E-state index is 14.3. The fraction of sp³-hybridized carbons (Fsp3) is 0.379. The summed E-state index contributed by atoms with van der Waals surface area (Å²) in [5, 5.41) is 9.05. The number of anilines is 1. The highest BCUT2D eigenvalue weighted by Gasteiger charge is 2.55. The molecule has 40 heavy (non-hydrogen) atoms. The number of nitrogens with zero attached hydrogens (tertiary/aromatic N) is 2. The average Bonchev–Trinajstić information content (AvgIpc) is 3.82. The van der Waals surface area contributed by atoms with Crippen LogP contribution in [0.3, 0.4) is 0 Å². The molecule has 3 aromatic rings. The molecule has 11 heteroatoms. The molecule has 0 spiro atoms. The summed E-state index contributed by atoms with van der Waals surface area (Å²) in [4.78, 5) is 53.0. The lowest BCUT2D eigenvalue weighted by atomic mass is 10.1. The number of benzene rings is 2. The predicted octanol–water partition coefficient (Wildman–Crippen LogP) is 4.23. The van der Waals surface area contributed by atoms with Crippen LogP contribution in [-0.2, 0) is 22.7 Å². The summed E-state index contributed by atoms with van der Waals surface area (Å²) in [6.45, 7) is 1.38. The van der Waals surface area contributed by atoms with E-state index in [1.165, 1.54) is 13.0 Å². The first-order valence-corrected chi connectivity index (χ1v) is 13.8. The van der Waals surface area contributed by atoms with Crippen molar-refractivity contribution in [1.29, 1.82) is 0 Å². The average molecular weight is 566 g/mol. The molecule has 3 aliphatic rings. The standard InChI is InChI=1S/C29H29ClFN5O4/c1-15(37)21-13-35(23-8-7-19(11-20(21)23)34-29(40)33-18-5-6-18)14-26(38)36-24-9-17(24)10-25(36)28(39)32-12-16-3-2-4-22(30)27(16)31/h2-4,7-8,11,13,17-18,24-25H,5-6,9-10,12,14H2,1H3,(H,32,39)(H2,33,34,40)/t17-,24-,25+/m1/s1. The lowest BCUT2D eigenvalue weighted by Crippen LogP contribution is -2.48. The summed E-state index contributed by atoms with van der Waals surface area (Å²) in [5.41, 5.74) is 1.94. The van der Waals surface area contributed by atoms with Gasteiger partial charge in [0.05, 0.1) is 5.02 Å². The van der Waals surface area contributed by atoms with Crippen LogP contribution >= 0.6 is 11.6 Å². The topological polar surface area (TPSA) is 113 Å². The summed E-state index contributed by atoms with van der Waals surface area (Å²) in [6, 6.07) is 9.13. The summed E-state index contributed by atoms with van der Waals surface area (Å²) in [7, 11) is 0. The van der Waals surface area contributed by atoms with Gasteiger partial charge in [0.2, 0.25) is 11.8 Å². The molecule has 3 N–H and O–H groups in total. The molecule has 0 unspecified atom stereocenters. The van der Waals surface area contributed by atoms with Crippen LogP contribution < -0.4 is 16.0 Å². The van der Waals surface area contributed by atoms with Crippen LogP contribution in [-0.4, -0.2) is 51.2 Å². The smallest absolute Gasteiger partial charge is 0.319 e. The van der Waals surface area contributed by atoms with Gasteiger partial charge < -0.3 is 25.4 Å². The van der Waals surface area contributed by atoms with Crippen molar-refractivity contribution < 1.29 is 23.6 Å². The molecule has 0 bridgehead atoms. The van der Waals surface area contributed by atoms with Gasteiger partial charge in [0.15, 0.2) is 5.78 Å². The molecule has 1 saturated heterocycles. The number of carbonyl (C=O) groups excluding carboxylic acids is 4. The number of aromatic nitrogens is 1. The van der Waals surface area contributed by atoms with E-state index < -0.39 is 11.9 Å². The Balaban J connectivity index is 1.18. The van der Waals surface area contributed by atoms with Crippen LogP contribution in [0.25, 0.3) is 10.9 Å². The Morgan fingerprint density at radius 3 is 2.65 bits per heavy atom. The number of carbonyl (C=O) groups is 4. The minimum absolute atomic E-state index is 0.000965. The Kier molecular flexibility index (Phi) is 6.74. The molecule has 2 aliphatic carbocycles. The Morgan fingerprint density at radius 1 is 1.10 bits per heavy atom. The van der Waals surface area contributed by atoms with Crippen LogP contribution in [0.15, 0.2) is 42.6 Å². The van der Waals surface area contributed by atoms with Crippen LogP contribution in [0.5, 0.6) is 0 Å². The summed E-state index contributed by atoms with van der Waals surface area (Å²) < 4.78 is 16.0. The Morgan fingerprint density at radius 2 is 1.90 bits per heavy atom. The van der Waals surface area contributed by atoms with E-state index in [0.29, 0.717) is 28.6 Å². The third-order valence-electron chi connectivity index (χ3n) is 7.92. The van der Waals surface area contributed by atoms with Crippen LogP contribution in [0.2, 0.25) is 5.02 Å². The first kappa shape index (κ1) is 26.3. The van der Waals surface area contributed by atoms with E-state index in [1.807, 2.05) is 0 Å². The van der Waals surface area contributed by atoms with Crippen LogP contribution in [0.1, 0.15) is 48.5 Å². The molecule has 2 heterocycles. The van der Waals surface area contributed by atoms with Crippen molar-refractivity contribution in [2.75, 3.05) is 5.32 Å². The van der Waals surface area contributed by atoms with Crippen molar-refractivity contribution in [2.24, 2.45) is 5.92 Å². The SMILES string of the molecule is CC(=O)c1cn(CC(=O)N2[C@@H]3C[C@@H]3C[C@H]2C(=O)NCc2cccc(Cl)c2F)c2ccc(NC(=O)NC3CC3)cc12. The largest absolute Gasteiger partial charge is 0.350 e. The highest BCUT2D eigenvalue weighted by molar-refractivity contribution is 6.30. The number of halogens is 2. The maximum Gasteiger partial charge on any atom is 0.319 e. The number of urea groups is 1. The Hall–Kier alpha value is -3.92. The molecule has 2 saturated carbocycles. The van der Waals surface area contributed by atoms with E-state index in [9.17, 15) is 23.6 Å². The fourth-order valence-corrected chi connectivity index (χ4v) is 5.82. The van der Waals surface area contributed by atoms with Gasteiger partial charge in [0, 0.05) is 52.5 Å². The second-order valence-corrected chi connectivity index (χ2v) is 11.3. The molecule has 1 aliphatic heterocycles. The molecule has 208 valence electrons. The zero-order valence-electron chi connectivity index (χ0n) is 21.9. The first-order valence-electron chi connectivity index (χ1n) is 13.4. The van der Waals surface area contributed by atoms with E-state index in [0.717, 1.165) is 19.3 Å². The highest BCUT2D eigenvalue weighted by Crippen LogP contribution is 2.48. The van der Waals surface area contributed by atoms with Gasteiger partial charge in [-0.2, -0.15) is 0 Å². The van der Waals surface area contributed by atoms with Gasteiger partial charge in [-0.25, -0.2) is 9.18 Å². The zero-order chi connectivity index (χ0) is 28.1. The summed E-state index contributed by atoms with van der Waals surface area (Å²) >= 11 is 5.85. The quantitative estimate of drug-likeness (QED) is 0.355. The van der Waals surface area contributed by atoms with Crippen molar-refractivity contribution in [2.45, 2.75) is 63.8 Å². The molecule has 9 nitrogen and oxygen atoms in total. The number of likely N-dealkylation sites (tertiary alicyclic amines) is 1. The molecule has 4 amide bonds. The fourth-order valence-electron chi connectivity index (χ4n) is 5.63. The zero-order valence-corrected chi connectivity index (χ0v) is 22.6. The normalized spacial score (nSPS) is 21.2. The third-order valence-corrected chi connectivity index (χ3v) is 8.21. The van der Waals surface area contributed by atoms with Gasteiger partial charge in [0.25, 0.3) is 0 Å². The van der Waals surface area contributed by atoms with Crippen molar-refractivity contribution >= 4 is 51.8 Å². The van der Waals surface area contributed by atoms with E-state index in [1.54, 1.807) is 46.0 Å². The van der Waals surface area contributed by atoms with Gasteiger partial charge >= 0.3 is 6.03 Å². The van der Waals surface area contributed by atoms with E-state index in [-0.39, 0.29) is 65.3 Å². The Labute approximate surface area is 235 Å². The molecule has 6 rings (SSSR count).